The zero-order chi connectivity index (χ0) is 11.3. The van der Waals surface area contributed by atoms with E-state index in [1.807, 2.05) is 13.8 Å². The Hall–Kier alpha value is -0.610. The minimum absolute atomic E-state index is 0.0900. The fourth-order valence-electron chi connectivity index (χ4n) is 1.65. The van der Waals surface area contributed by atoms with Crippen molar-refractivity contribution in [2.45, 2.75) is 51.2 Å². The SMILES string of the molecule is CCC(O)(CC)CNC(=O)C1CCCO1. The van der Waals surface area contributed by atoms with Crippen molar-refractivity contribution >= 4 is 5.91 Å². The van der Waals surface area contributed by atoms with Crippen LogP contribution >= 0.6 is 0 Å². The molecule has 1 fully saturated rings. The Kier molecular flexibility index (Phi) is 4.54. The Morgan fingerprint density at radius 2 is 2.20 bits per heavy atom. The highest BCUT2D eigenvalue weighted by atomic mass is 16.5. The maximum atomic E-state index is 11.6. The Morgan fingerprint density at radius 1 is 1.53 bits per heavy atom. The lowest BCUT2D eigenvalue weighted by molar-refractivity contribution is -0.131. The van der Waals surface area contributed by atoms with Crippen molar-refractivity contribution in [2.24, 2.45) is 0 Å². The van der Waals surface area contributed by atoms with Crippen molar-refractivity contribution in [1.82, 2.24) is 5.32 Å². The summed E-state index contributed by atoms with van der Waals surface area (Å²) in [5.74, 6) is -0.0900. The number of rotatable bonds is 5. The molecule has 1 heterocycles. The fraction of sp³-hybridized carbons (Fsp3) is 0.909. The average molecular weight is 215 g/mol. The van der Waals surface area contributed by atoms with Gasteiger partial charge in [0.15, 0.2) is 0 Å². The summed E-state index contributed by atoms with van der Waals surface area (Å²) in [4.78, 5) is 11.6. The van der Waals surface area contributed by atoms with Crippen molar-refractivity contribution in [3.8, 4) is 0 Å². The predicted molar refractivity (Wildman–Crippen MR) is 57.5 cm³/mol. The number of aliphatic hydroxyl groups is 1. The van der Waals surface area contributed by atoms with Gasteiger partial charge in [-0.05, 0) is 25.7 Å². The molecule has 15 heavy (non-hydrogen) atoms. The van der Waals surface area contributed by atoms with Gasteiger partial charge in [-0.2, -0.15) is 0 Å². The molecule has 4 heteroatoms. The Labute approximate surface area is 91.0 Å². The van der Waals surface area contributed by atoms with E-state index in [9.17, 15) is 9.90 Å². The van der Waals surface area contributed by atoms with Gasteiger partial charge in [0.25, 0.3) is 0 Å². The molecule has 1 unspecified atom stereocenters. The third kappa shape index (κ3) is 3.47. The van der Waals surface area contributed by atoms with Crippen LogP contribution in [0.4, 0.5) is 0 Å². The number of hydrogen-bond donors (Lipinski definition) is 2. The molecule has 0 aromatic heterocycles. The second-order valence-electron chi connectivity index (χ2n) is 4.15. The topological polar surface area (TPSA) is 58.6 Å². The fourth-order valence-corrected chi connectivity index (χ4v) is 1.65. The van der Waals surface area contributed by atoms with Gasteiger partial charge in [0.1, 0.15) is 6.10 Å². The molecule has 1 aliphatic rings. The molecule has 1 saturated heterocycles. The summed E-state index contributed by atoms with van der Waals surface area (Å²) < 4.78 is 5.25. The molecule has 2 N–H and O–H groups in total. The van der Waals surface area contributed by atoms with Gasteiger partial charge in [0, 0.05) is 13.2 Å². The van der Waals surface area contributed by atoms with Gasteiger partial charge in [0.05, 0.1) is 5.60 Å². The van der Waals surface area contributed by atoms with Crippen LogP contribution in [0.3, 0.4) is 0 Å². The Morgan fingerprint density at radius 3 is 2.67 bits per heavy atom. The molecule has 0 radical (unpaired) electrons. The zero-order valence-electron chi connectivity index (χ0n) is 9.58. The summed E-state index contributed by atoms with van der Waals surface area (Å²) in [6.07, 6.45) is 2.74. The number of hydrogen-bond acceptors (Lipinski definition) is 3. The van der Waals surface area contributed by atoms with Gasteiger partial charge < -0.3 is 15.2 Å². The van der Waals surface area contributed by atoms with Gasteiger partial charge in [-0.25, -0.2) is 0 Å². The number of nitrogens with one attached hydrogen (secondary N) is 1. The molecular formula is C11H21NO3. The molecule has 0 aromatic carbocycles. The minimum atomic E-state index is -0.770. The van der Waals surface area contributed by atoms with Crippen LogP contribution in [0.1, 0.15) is 39.5 Å². The average Bonchev–Trinajstić information content (AvgIpc) is 2.79. The standard InChI is InChI=1S/C11H21NO3/c1-3-11(14,4-2)8-12-10(13)9-6-5-7-15-9/h9,14H,3-8H2,1-2H3,(H,12,13). The van der Waals surface area contributed by atoms with Crippen LogP contribution < -0.4 is 5.32 Å². The van der Waals surface area contributed by atoms with Gasteiger partial charge in [-0.1, -0.05) is 13.8 Å². The van der Waals surface area contributed by atoms with E-state index in [1.54, 1.807) is 0 Å². The van der Waals surface area contributed by atoms with Crippen LogP contribution in [0.25, 0.3) is 0 Å². The second kappa shape index (κ2) is 5.47. The van der Waals surface area contributed by atoms with E-state index >= 15 is 0 Å². The van der Waals surface area contributed by atoms with E-state index in [1.165, 1.54) is 0 Å². The van der Waals surface area contributed by atoms with Crippen LogP contribution in [0.15, 0.2) is 0 Å². The third-order valence-electron chi connectivity index (χ3n) is 3.13. The summed E-state index contributed by atoms with van der Waals surface area (Å²) >= 11 is 0. The van der Waals surface area contributed by atoms with Crippen LogP contribution in [0.5, 0.6) is 0 Å². The normalized spacial score (nSPS) is 21.7. The largest absolute Gasteiger partial charge is 0.388 e. The van der Waals surface area contributed by atoms with E-state index < -0.39 is 5.60 Å². The molecule has 1 amide bonds. The maximum Gasteiger partial charge on any atom is 0.249 e. The van der Waals surface area contributed by atoms with Crippen LogP contribution in [0.2, 0.25) is 0 Å². The molecule has 0 aromatic rings. The van der Waals surface area contributed by atoms with E-state index in [2.05, 4.69) is 5.32 Å². The first-order chi connectivity index (χ1) is 7.11. The molecule has 0 spiro atoms. The number of carbonyl (C=O) groups is 1. The van der Waals surface area contributed by atoms with Crippen LogP contribution in [-0.4, -0.2) is 35.9 Å². The van der Waals surface area contributed by atoms with E-state index in [-0.39, 0.29) is 12.0 Å². The van der Waals surface area contributed by atoms with Gasteiger partial charge >= 0.3 is 0 Å². The molecule has 0 saturated carbocycles. The van der Waals surface area contributed by atoms with Gasteiger partial charge in [0.2, 0.25) is 5.91 Å². The minimum Gasteiger partial charge on any atom is -0.388 e. The molecular weight excluding hydrogens is 194 g/mol. The van der Waals surface area contributed by atoms with Gasteiger partial charge in [-0.15, -0.1) is 0 Å². The number of carbonyl (C=O) groups excluding carboxylic acids is 1. The smallest absolute Gasteiger partial charge is 0.249 e. The number of ether oxygens (including phenoxy) is 1. The first kappa shape index (κ1) is 12.5. The maximum absolute atomic E-state index is 11.6. The van der Waals surface area contributed by atoms with Crippen molar-refractivity contribution < 1.29 is 14.6 Å². The van der Waals surface area contributed by atoms with Crippen LogP contribution in [-0.2, 0) is 9.53 Å². The predicted octanol–water partition coefficient (Wildman–Crippen LogP) is 0.833. The van der Waals surface area contributed by atoms with Crippen molar-refractivity contribution in [3.63, 3.8) is 0 Å². The lowest BCUT2D eigenvalue weighted by atomic mass is 9.97. The molecule has 1 aliphatic heterocycles. The zero-order valence-corrected chi connectivity index (χ0v) is 9.58. The summed E-state index contributed by atoms with van der Waals surface area (Å²) in [6.45, 7) is 4.83. The highest BCUT2D eigenvalue weighted by Gasteiger charge is 2.27. The lowest BCUT2D eigenvalue weighted by Gasteiger charge is -2.26. The number of amides is 1. The Balaban J connectivity index is 2.32. The first-order valence-electron chi connectivity index (χ1n) is 5.73. The lowest BCUT2D eigenvalue weighted by Crippen LogP contribution is -2.45. The summed E-state index contributed by atoms with van der Waals surface area (Å²) in [5.41, 5.74) is -0.770. The monoisotopic (exact) mass is 215 g/mol. The van der Waals surface area contributed by atoms with Crippen molar-refractivity contribution in [3.05, 3.63) is 0 Å². The van der Waals surface area contributed by atoms with Gasteiger partial charge in [-0.3, -0.25) is 4.79 Å². The molecule has 4 nitrogen and oxygen atoms in total. The first-order valence-corrected chi connectivity index (χ1v) is 5.73. The third-order valence-corrected chi connectivity index (χ3v) is 3.13. The van der Waals surface area contributed by atoms with Crippen molar-refractivity contribution in [2.75, 3.05) is 13.2 Å². The van der Waals surface area contributed by atoms with Crippen molar-refractivity contribution in [1.29, 1.82) is 0 Å². The highest BCUT2D eigenvalue weighted by molar-refractivity contribution is 5.81. The van der Waals surface area contributed by atoms with E-state index in [0.29, 0.717) is 26.0 Å². The Bertz CT molecular complexity index is 208. The molecule has 0 bridgehead atoms. The quantitative estimate of drug-likeness (QED) is 0.714. The summed E-state index contributed by atoms with van der Waals surface area (Å²) in [5, 5.41) is 12.7. The van der Waals surface area contributed by atoms with E-state index in [4.69, 9.17) is 4.74 Å². The molecule has 88 valence electrons. The van der Waals surface area contributed by atoms with E-state index in [0.717, 1.165) is 12.8 Å². The summed E-state index contributed by atoms with van der Waals surface area (Å²) in [7, 11) is 0. The highest BCUT2D eigenvalue weighted by Crippen LogP contribution is 2.15. The molecule has 1 atom stereocenters. The molecule has 1 rings (SSSR count). The molecule has 0 aliphatic carbocycles. The van der Waals surface area contributed by atoms with Crippen LogP contribution in [0, 0.1) is 0 Å². The summed E-state index contributed by atoms with van der Waals surface area (Å²) in [6, 6.07) is 0. The second-order valence-corrected chi connectivity index (χ2v) is 4.15.